The molecule has 0 spiro atoms. The minimum absolute atomic E-state index is 0.0886. The molecule has 0 atom stereocenters. The van der Waals surface area contributed by atoms with Crippen LogP contribution >= 0.6 is 0 Å². The van der Waals surface area contributed by atoms with Crippen LogP contribution in [0.1, 0.15) is 24.0 Å². The maximum Gasteiger partial charge on any atom is 0.122 e. The first kappa shape index (κ1) is 11.9. The van der Waals surface area contributed by atoms with E-state index in [9.17, 15) is 0 Å². The van der Waals surface area contributed by atoms with Gasteiger partial charge in [0.25, 0.3) is 0 Å². The Balaban J connectivity index is 2.08. The molecule has 0 unspecified atom stereocenters. The van der Waals surface area contributed by atoms with Gasteiger partial charge in [0.05, 0.1) is 13.2 Å². The van der Waals surface area contributed by atoms with E-state index in [1.807, 2.05) is 25.1 Å². The van der Waals surface area contributed by atoms with Crippen molar-refractivity contribution >= 4 is 5.84 Å². The smallest absolute Gasteiger partial charge is 0.122 e. The maximum atomic E-state index is 7.38. The molecule has 1 saturated heterocycles. The Kier molecular flexibility index (Phi) is 3.64. The van der Waals surface area contributed by atoms with Gasteiger partial charge in [-0.15, -0.1) is 0 Å². The Morgan fingerprint density at radius 3 is 2.71 bits per heavy atom. The molecule has 1 aromatic rings. The predicted molar refractivity (Wildman–Crippen MR) is 66.7 cm³/mol. The lowest BCUT2D eigenvalue weighted by Crippen LogP contribution is -2.26. The Labute approximate surface area is 101 Å². The van der Waals surface area contributed by atoms with Gasteiger partial charge in [0.2, 0.25) is 0 Å². The highest BCUT2D eigenvalue weighted by atomic mass is 16.5. The van der Waals surface area contributed by atoms with Crippen LogP contribution in [0.15, 0.2) is 18.2 Å². The molecule has 3 N–H and O–H groups in total. The third-order valence-corrected chi connectivity index (χ3v) is 2.95. The van der Waals surface area contributed by atoms with Crippen LogP contribution in [0.2, 0.25) is 0 Å². The number of ether oxygens (including phenoxy) is 2. The van der Waals surface area contributed by atoms with E-state index in [2.05, 4.69) is 0 Å². The lowest BCUT2D eigenvalue weighted by atomic mass is 10.1. The fourth-order valence-electron chi connectivity index (χ4n) is 1.92. The summed E-state index contributed by atoms with van der Waals surface area (Å²) in [5.41, 5.74) is 7.20. The number of hydrogen-bond donors (Lipinski definition) is 2. The van der Waals surface area contributed by atoms with E-state index >= 15 is 0 Å². The molecule has 1 aromatic carbocycles. The average Bonchev–Trinajstić information content (AvgIpc) is 2.33. The predicted octanol–water partition coefficient (Wildman–Crippen LogP) is 1.84. The van der Waals surface area contributed by atoms with Crippen molar-refractivity contribution < 1.29 is 9.47 Å². The van der Waals surface area contributed by atoms with E-state index in [1.54, 1.807) is 0 Å². The quantitative estimate of drug-likeness (QED) is 0.619. The summed E-state index contributed by atoms with van der Waals surface area (Å²) in [5.74, 6) is 0.965. The zero-order valence-corrected chi connectivity index (χ0v) is 10.0. The van der Waals surface area contributed by atoms with Crippen LogP contribution in [0.25, 0.3) is 0 Å². The van der Waals surface area contributed by atoms with Crippen LogP contribution < -0.4 is 10.5 Å². The lowest BCUT2D eigenvalue weighted by Gasteiger charge is -2.24. The van der Waals surface area contributed by atoms with Gasteiger partial charge in [-0.3, -0.25) is 5.41 Å². The molecule has 2 rings (SSSR count). The van der Waals surface area contributed by atoms with Crippen LogP contribution in [-0.2, 0) is 4.74 Å². The minimum atomic E-state index is 0.0886. The third kappa shape index (κ3) is 2.97. The first-order valence-electron chi connectivity index (χ1n) is 5.86. The van der Waals surface area contributed by atoms with Crippen molar-refractivity contribution in [3.05, 3.63) is 29.3 Å². The largest absolute Gasteiger partial charge is 0.490 e. The van der Waals surface area contributed by atoms with Crippen LogP contribution in [0.5, 0.6) is 5.75 Å². The van der Waals surface area contributed by atoms with Gasteiger partial charge in [0.15, 0.2) is 0 Å². The molecule has 0 saturated carbocycles. The molecule has 0 aliphatic carbocycles. The van der Waals surface area contributed by atoms with Gasteiger partial charge in [-0.05, 0) is 30.7 Å². The molecule has 1 heterocycles. The Morgan fingerprint density at radius 1 is 1.41 bits per heavy atom. The van der Waals surface area contributed by atoms with Gasteiger partial charge in [-0.2, -0.15) is 0 Å². The normalized spacial score (nSPS) is 16.8. The monoisotopic (exact) mass is 234 g/mol. The second-order valence-electron chi connectivity index (χ2n) is 4.32. The van der Waals surface area contributed by atoms with E-state index in [4.69, 9.17) is 20.6 Å². The number of aryl methyl sites for hydroxylation is 1. The molecule has 0 bridgehead atoms. The second kappa shape index (κ2) is 5.19. The highest BCUT2D eigenvalue weighted by Crippen LogP contribution is 2.23. The van der Waals surface area contributed by atoms with E-state index in [1.165, 1.54) is 0 Å². The number of amidine groups is 1. The van der Waals surface area contributed by atoms with Crippen LogP contribution in [0, 0.1) is 12.3 Å². The standard InChI is InChI=1S/C13H18N2O2/c1-9-8-10(13(14)15)2-3-12(9)17-11-4-6-16-7-5-11/h2-3,8,11H,4-7H2,1H3,(H3,14,15). The van der Waals surface area contributed by atoms with Gasteiger partial charge in [0.1, 0.15) is 17.7 Å². The molecular weight excluding hydrogens is 216 g/mol. The van der Waals surface area contributed by atoms with Gasteiger partial charge >= 0.3 is 0 Å². The molecule has 4 nitrogen and oxygen atoms in total. The van der Waals surface area contributed by atoms with Crippen molar-refractivity contribution in [2.24, 2.45) is 5.73 Å². The highest BCUT2D eigenvalue weighted by molar-refractivity contribution is 5.95. The molecule has 1 fully saturated rings. The molecule has 0 amide bonds. The number of nitrogen functional groups attached to an aromatic ring is 1. The van der Waals surface area contributed by atoms with Gasteiger partial charge in [0, 0.05) is 18.4 Å². The summed E-state index contributed by atoms with van der Waals surface area (Å²) in [6, 6.07) is 5.60. The zero-order chi connectivity index (χ0) is 12.3. The first-order chi connectivity index (χ1) is 8.16. The third-order valence-electron chi connectivity index (χ3n) is 2.95. The minimum Gasteiger partial charge on any atom is -0.490 e. The molecule has 0 radical (unpaired) electrons. The van der Waals surface area contributed by atoms with E-state index in [-0.39, 0.29) is 11.9 Å². The number of benzene rings is 1. The Morgan fingerprint density at radius 2 is 2.12 bits per heavy atom. The molecular formula is C13H18N2O2. The van der Waals surface area contributed by atoms with Crippen molar-refractivity contribution in [1.82, 2.24) is 0 Å². The molecule has 92 valence electrons. The number of nitrogens with one attached hydrogen (secondary N) is 1. The summed E-state index contributed by atoms with van der Waals surface area (Å²) < 4.78 is 11.2. The van der Waals surface area contributed by atoms with E-state index < -0.39 is 0 Å². The van der Waals surface area contributed by atoms with Crippen molar-refractivity contribution in [1.29, 1.82) is 5.41 Å². The van der Waals surface area contributed by atoms with Gasteiger partial charge in [-0.1, -0.05) is 0 Å². The first-order valence-corrected chi connectivity index (χ1v) is 5.86. The summed E-state index contributed by atoms with van der Waals surface area (Å²) in [6.45, 7) is 3.52. The number of rotatable bonds is 3. The zero-order valence-electron chi connectivity index (χ0n) is 10.0. The fraction of sp³-hybridized carbons (Fsp3) is 0.462. The maximum absolute atomic E-state index is 7.38. The van der Waals surface area contributed by atoms with Crippen molar-refractivity contribution in [3.63, 3.8) is 0 Å². The summed E-state index contributed by atoms with van der Waals surface area (Å²) >= 11 is 0. The molecule has 1 aliphatic rings. The molecule has 17 heavy (non-hydrogen) atoms. The van der Waals surface area contributed by atoms with Crippen molar-refractivity contribution in [2.45, 2.75) is 25.9 Å². The number of nitrogens with two attached hydrogens (primary N) is 1. The van der Waals surface area contributed by atoms with Crippen LogP contribution in [0.3, 0.4) is 0 Å². The van der Waals surface area contributed by atoms with Crippen LogP contribution in [-0.4, -0.2) is 25.2 Å². The van der Waals surface area contributed by atoms with Gasteiger partial charge in [-0.25, -0.2) is 0 Å². The van der Waals surface area contributed by atoms with Crippen LogP contribution in [0.4, 0.5) is 0 Å². The van der Waals surface area contributed by atoms with Crippen molar-refractivity contribution in [2.75, 3.05) is 13.2 Å². The fourth-order valence-corrected chi connectivity index (χ4v) is 1.92. The number of hydrogen-bond acceptors (Lipinski definition) is 3. The molecule has 1 aliphatic heterocycles. The lowest BCUT2D eigenvalue weighted by molar-refractivity contribution is 0.0253. The van der Waals surface area contributed by atoms with Gasteiger partial charge < -0.3 is 15.2 Å². The summed E-state index contributed by atoms with van der Waals surface area (Å²) in [7, 11) is 0. The van der Waals surface area contributed by atoms with Crippen molar-refractivity contribution in [3.8, 4) is 5.75 Å². The van der Waals surface area contributed by atoms with E-state index in [0.717, 1.165) is 42.9 Å². The summed E-state index contributed by atoms with van der Waals surface area (Å²) in [6.07, 6.45) is 2.12. The highest BCUT2D eigenvalue weighted by Gasteiger charge is 2.16. The molecule has 4 heteroatoms. The SMILES string of the molecule is Cc1cc(C(=N)N)ccc1OC1CCOCC1. The summed E-state index contributed by atoms with van der Waals surface area (Å²) in [5, 5.41) is 7.38. The Bertz CT molecular complexity index is 412. The molecule has 0 aromatic heterocycles. The van der Waals surface area contributed by atoms with E-state index in [0.29, 0.717) is 0 Å². The average molecular weight is 234 g/mol. The topological polar surface area (TPSA) is 68.3 Å². The summed E-state index contributed by atoms with van der Waals surface area (Å²) in [4.78, 5) is 0. The Hall–Kier alpha value is -1.55. The second-order valence-corrected chi connectivity index (χ2v) is 4.32.